The molecule has 2 rings (SSSR count). The Morgan fingerprint density at radius 1 is 1.19 bits per heavy atom. The van der Waals surface area contributed by atoms with E-state index in [1.165, 1.54) is 0 Å². The maximum absolute atomic E-state index is 12.2. The molecule has 0 aliphatic heterocycles. The van der Waals surface area contributed by atoms with Crippen LogP contribution in [-0.4, -0.2) is 13.7 Å². The lowest BCUT2D eigenvalue weighted by molar-refractivity contribution is 0.577. The van der Waals surface area contributed by atoms with Crippen LogP contribution in [0.2, 0.25) is 0 Å². The molecule has 0 radical (unpaired) electrons. The maximum atomic E-state index is 12.2. The summed E-state index contributed by atoms with van der Waals surface area (Å²) in [5, 5.41) is -0.330. The minimum absolute atomic E-state index is 0.330. The van der Waals surface area contributed by atoms with E-state index < -0.39 is 9.84 Å². The quantitative estimate of drug-likeness (QED) is 0.740. The Hall–Kier alpha value is -1.09. The lowest BCUT2D eigenvalue weighted by Gasteiger charge is -2.17. The molecule has 0 saturated heterocycles. The first-order valence-electron chi connectivity index (χ1n) is 5.58. The first-order chi connectivity index (χ1) is 7.60. The van der Waals surface area contributed by atoms with E-state index in [1.807, 2.05) is 31.2 Å². The van der Waals surface area contributed by atoms with Crippen molar-refractivity contribution in [2.75, 3.05) is 0 Å². The second kappa shape index (κ2) is 4.42. The Morgan fingerprint density at radius 3 is 2.44 bits per heavy atom. The number of aryl methyl sites for hydroxylation is 1. The zero-order valence-corrected chi connectivity index (χ0v) is 10.2. The molecule has 0 spiro atoms. The Morgan fingerprint density at radius 2 is 1.88 bits per heavy atom. The standard InChI is InChI=1S/C13H16O2S/c1-11-7-9-13(10-8-11)16(14,15)12-5-3-2-4-6-12/h3,5,7-10,12H,2,4,6H2,1H3/t12-/m1/s1. The summed E-state index contributed by atoms with van der Waals surface area (Å²) in [4.78, 5) is 0.439. The van der Waals surface area contributed by atoms with Crippen LogP contribution < -0.4 is 0 Å². The van der Waals surface area contributed by atoms with Gasteiger partial charge in [-0.15, -0.1) is 0 Å². The zero-order valence-electron chi connectivity index (χ0n) is 9.39. The van der Waals surface area contributed by atoms with Crippen molar-refractivity contribution in [3.05, 3.63) is 42.0 Å². The second-order valence-corrected chi connectivity index (χ2v) is 6.42. The summed E-state index contributed by atoms with van der Waals surface area (Å²) >= 11 is 0. The highest BCUT2D eigenvalue weighted by Gasteiger charge is 2.25. The lowest BCUT2D eigenvalue weighted by atomic mass is 10.1. The molecule has 1 aliphatic carbocycles. The second-order valence-electron chi connectivity index (χ2n) is 4.26. The van der Waals surface area contributed by atoms with Crippen molar-refractivity contribution in [3.8, 4) is 0 Å². The van der Waals surface area contributed by atoms with Crippen LogP contribution in [0.4, 0.5) is 0 Å². The molecule has 0 heterocycles. The van der Waals surface area contributed by atoms with E-state index in [0.717, 1.165) is 24.8 Å². The van der Waals surface area contributed by atoms with Gasteiger partial charge in [-0.1, -0.05) is 29.8 Å². The Bertz CT molecular complexity index is 483. The van der Waals surface area contributed by atoms with E-state index in [9.17, 15) is 8.42 Å². The molecular weight excluding hydrogens is 220 g/mol. The highest BCUT2D eigenvalue weighted by molar-refractivity contribution is 7.92. The van der Waals surface area contributed by atoms with Gasteiger partial charge in [-0.05, 0) is 38.3 Å². The highest BCUT2D eigenvalue weighted by atomic mass is 32.2. The summed E-state index contributed by atoms with van der Waals surface area (Å²) in [6.07, 6.45) is 6.51. The van der Waals surface area contributed by atoms with Gasteiger partial charge in [-0.25, -0.2) is 8.42 Å². The van der Waals surface area contributed by atoms with Crippen LogP contribution in [0, 0.1) is 6.92 Å². The summed E-state index contributed by atoms with van der Waals surface area (Å²) in [6, 6.07) is 7.10. The van der Waals surface area contributed by atoms with E-state index in [4.69, 9.17) is 0 Å². The van der Waals surface area contributed by atoms with Gasteiger partial charge in [0.05, 0.1) is 10.1 Å². The van der Waals surface area contributed by atoms with E-state index in [0.29, 0.717) is 4.90 Å². The molecule has 0 N–H and O–H groups in total. The number of rotatable bonds is 2. The third-order valence-electron chi connectivity index (χ3n) is 2.96. The van der Waals surface area contributed by atoms with Crippen LogP contribution in [0.25, 0.3) is 0 Å². The molecule has 0 fully saturated rings. The molecule has 1 atom stereocenters. The van der Waals surface area contributed by atoms with Crippen molar-refractivity contribution >= 4 is 9.84 Å². The van der Waals surface area contributed by atoms with Crippen LogP contribution in [0.5, 0.6) is 0 Å². The molecule has 16 heavy (non-hydrogen) atoms. The van der Waals surface area contributed by atoms with E-state index in [-0.39, 0.29) is 5.25 Å². The summed E-state index contributed by atoms with van der Waals surface area (Å²) in [5.74, 6) is 0. The first-order valence-corrected chi connectivity index (χ1v) is 7.12. The summed E-state index contributed by atoms with van der Waals surface area (Å²) < 4.78 is 24.5. The van der Waals surface area contributed by atoms with Gasteiger partial charge in [0.25, 0.3) is 0 Å². The monoisotopic (exact) mass is 236 g/mol. The fraction of sp³-hybridized carbons (Fsp3) is 0.385. The topological polar surface area (TPSA) is 34.1 Å². The molecule has 0 saturated carbocycles. The van der Waals surface area contributed by atoms with Crippen molar-refractivity contribution < 1.29 is 8.42 Å². The molecule has 3 heteroatoms. The number of hydrogen-bond donors (Lipinski definition) is 0. The molecule has 0 aromatic heterocycles. The van der Waals surface area contributed by atoms with Gasteiger partial charge < -0.3 is 0 Å². The molecule has 1 aromatic carbocycles. The van der Waals surface area contributed by atoms with Crippen molar-refractivity contribution in [2.24, 2.45) is 0 Å². The summed E-state index contributed by atoms with van der Waals surface area (Å²) in [6.45, 7) is 1.96. The lowest BCUT2D eigenvalue weighted by Crippen LogP contribution is -2.20. The van der Waals surface area contributed by atoms with Crippen LogP contribution in [0.15, 0.2) is 41.3 Å². The molecular formula is C13H16O2S. The van der Waals surface area contributed by atoms with E-state index in [1.54, 1.807) is 12.1 Å². The molecule has 0 bridgehead atoms. The smallest absolute Gasteiger partial charge is 0.184 e. The number of allylic oxidation sites excluding steroid dienone is 1. The average molecular weight is 236 g/mol. The Balaban J connectivity index is 2.34. The first kappa shape index (κ1) is 11.4. The Labute approximate surface area is 96.9 Å². The van der Waals surface area contributed by atoms with E-state index in [2.05, 4.69) is 0 Å². The normalized spacial score (nSPS) is 20.9. The minimum atomic E-state index is -3.17. The fourth-order valence-electron chi connectivity index (χ4n) is 1.94. The van der Waals surface area contributed by atoms with E-state index >= 15 is 0 Å². The average Bonchev–Trinajstić information content (AvgIpc) is 2.31. The minimum Gasteiger partial charge on any atom is -0.223 e. The van der Waals surface area contributed by atoms with Gasteiger partial charge in [0.15, 0.2) is 9.84 Å². The third-order valence-corrected chi connectivity index (χ3v) is 5.08. The van der Waals surface area contributed by atoms with Crippen LogP contribution in [0.3, 0.4) is 0 Å². The maximum Gasteiger partial charge on any atom is 0.184 e. The molecule has 86 valence electrons. The zero-order chi connectivity index (χ0) is 11.6. The molecule has 1 aromatic rings. The van der Waals surface area contributed by atoms with Gasteiger partial charge in [0.2, 0.25) is 0 Å². The molecule has 0 amide bonds. The van der Waals surface area contributed by atoms with Crippen LogP contribution in [0.1, 0.15) is 24.8 Å². The van der Waals surface area contributed by atoms with Gasteiger partial charge in [-0.2, -0.15) is 0 Å². The number of sulfone groups is 1. The highest BCUT2D eigenvalue weighted by Crippen LogP contribution is 2.24. The molecule has 2 nitrogen and oxygen atoms in total. The Kier molecular flexibility index (Phi) is 3.15. The SMILES string of the molecule is Cc1ccc(S(=O)(=O)[C@@H]2C=CCCC2)cc1. The molecule has 1 aliphatic rings. The van der Waals surface area contributed by atoms with Gasteiger partial charge in [-0.3, -0.25) is 0 Å². The van der Waals surface area contributed by atoms with Crippen molar-refractivity contribution in [3.63, 3.8) is 0 Å². The fourth-order valence-corrected chi connectivity index (χ4v) is 3.60. The van der Waals surface area contributed by atoms with Crippen molar-refractivity contribution in [1.82, 2.24) is 0 Å². The largest absolute Gasteiger partial charge is 0.223 e. The van der Waals surface area contributed by atoms with Crippen LogP contribution in [-0.2, 0) is 9.84 Å². The number of hydrogen-bond acceptors (Lipinski definition) is 2. The third kappa shape index (κ3) is 2.19. The van der Waals surface area contributed by atoms with Crippen molar-refractivity contribution in [2.45, 2.75) is 36.3 Å². The predicted molar refractivity (Wildman–Crippen MR) is 65.1 cm³/mol. The van der Waals surface area contributed by atoms with Gasteiger partial charge >= 0.3 is 0 Å². The van der Waals surface area contributed by atoms with Crippen LogP contribution >= 0.6 is 0 Å². The molecule has 0 unspecified atom stereocenters. The summed E-state index contributed by atoms with van der Waals surface area (Å²) in [5.41, 5.74) is 1.08. The van der Waals surface area contributed by atoms with Crippen molar-refractivity contribution in [1.29, 1.82) is 0 Å². The number of benzene rings is 1. The summed E-state index contributed by atoms with van der Waals surface area (Å²) in [7, 11) is -3.17. The van der Waals surface area contributed by atoms with Gasteiger partial charge in [0.1, 0.15) is 0 Å². The predicted octanol–water partition coefficient (Wildman–Crippen LogP) is 2.88. The van der Waals surface area contributed by atoms with Gasteiger partial charge in [0, 0.05) is 0 Å².